The van der Waals surface area contributed by atoms with Crippen LogP contribution >= 0.6 is 0 Å². The highest BCUT2D eigenvalue weighted by atomic mass is 16.3. The fourth-order valence-electron chi connectivity index (χ4n) is 3.85. The van der Waals surface area contributed by atoms with Crippen molar-refractivity contribution < 1.29 is 43.8 Å². The van der Waals surface area contributed by atoms with Gasteiger partial charge in [-0.2, -0.15) is 0 Å². The molecule has 16 nitrogen and oxygen atoms in total. The summed E-state index contributed by atoms with van der Waals surface area (Å²) in [4.78, 5) is 88.8. The number of aliphatic hydroxyl groups excluding tert-OH is 2. The number of nitrogens with zero attached hydrogens (tertiary/aromatic N) is 1. The van der Waals surface area contributed by atoms with E-state index in [9.17, 15) is 43.8 Å². The second kappa shape index (κ2) is 13.1. The number of carbonyl (C=O) groups excluding carboxylic acids is 7. The number of nitrogens with one attached hydrogen (secondary N) is 6. The van der Waals surface area contributed by atoms with Crippen molar-refractivity contribution in [2.75, 3.05) is 19.6 Å². The number of amides is 7. The molecule has 38 heavy (non-hydrogen) atoms. The highest BCUT2D eigenvalue weighted by Crippen LogP contribution is 2.18. The first-order valence-corrected chi connectivity index (χ1v) is 12.1. The maximum absolute atomic E-state index is 12.8. The lowest BCUT2D eigenvalue weighted by Crippen LogP contribution is -2.58. The number of carbonyl (C=O) groups is 7. The van der Waals surface area contributed by atoms with Crippen LogP contribution in [0.4, 0.5) is 0 Å². The SMILES string of the molecule is CC(O)[C@H]1NC(=O)[C@H](C)NC(=O)[C@H](C)NC(=O)CNC(=O)[C@H](C)NC(=O)[C@@H]2C[C@H](O)CN2C(=O)CNC1=O. The van der Waals surface area contributed by atoms with Crippen molar-refractivity contribution in [2.45, 2.75) is 76.5 Å². The monoisotopic (exact) mass is 541 g/mol. The zero-order valence-corrected chi connectivity index (χ0v) is 21.6. The molecular formula is C22H35N7O9. The van der Waals surface area contributed by atoms with E-state index in [0.29, 0.717) is 0 Å². The van der Waals surface area contributed by atoms with Gasteiger partial charge in [-0.05, 0) is 27.7 Å². The van der Waals surface area contributed by atoms with Crippen LogP contribution in [-0.2, 0) is 33.6 Å². The average Bonchev–Trinajstić information content (AvgIpc) is 3.24. The number of fused-ring (bicyclic) bond motifs is 1. The lowest BCUT2D eigenvalue weighted by Gasteiger charge is -2.26. The predicted octanol–water partition coefficient (Wildman–Crippen LogP) is -5.43. The Morgan fingerprint density at radius 2 is 1.26 bits per heavy atom. The number of hydrogen-bond acceptors (Lipinski definition) is 9. The Labute approximate surface area is 218 Å². The minimum absolute atomic E-state index is 0.106. The smallest absolute Gasteiger partial charge is 0.245 e. The van der Waals surface area contributed by atoms with Gasteiger partial charge in [-0.3, -0.25) is 33.6 Å². The lowest BCUT2D eigenvalue weighted by atomic mass is 10.1. The van der Waals surface area contributed by atoms with Crippen molar-refractivity contribution in [3.05, 3.63) is 0 Å². The molecule has 2 rings (SSSR count). The van der Waals surface area contributed by atoms with Gasteiger partial charge in [0.25, 0.3) is 0 Å². The molecule has 2 fully saturated rings. The summed E-state index contributed by atoms with van der Waals surface area (Å²) in [5.41, 5.74) is 0. The fraction of sp³-hybridized carbons (Fsp3) is 0.682. The molecule has 0 bridgehead atoms. The van der Waals surface area contributed by atoms with Crippen LogP contribution in [0.15, 0.2) is 0 Å². The molecule has 2 saturated heterocycles. The standard InChI is InChI=1S/C22H35N7O9/c1-9-18(34)23-6-15(32)25-10(2)19(35)26-11(3)20(36)28-17(12(4)30)22(38)24-7-16(33)29-8-13(31)5-14(29)21(37)27-9/h9-14,17,30-31H,5-8H2,1-4H3,(H,23,34)(H,24,38)(H,25,32)(H,26,35)(H,27,37)(H,28,36)/t9-,10-,11-,12?,13-,14-,17+/m0/s1. The van der Waals surface area contributed by atoms with Gasteiger partial charge in [0, 0.05) is 13.0 Å². The zero-order valence-electron chi connectivity index (χ0n) is 21.6. The zero-order chi connectivity index (χ0) is 28.7. The molecule has 16 heteroatoms. The second-order valence-electron chi connectivity index (χ2n) is 9.36. The van der Waals surface area contributed by atoms with E-state index in [1.807, 2.05) is 0 Å². The van der Waals surface area contributed by atoms with E-state index in [2.05, 4.69) is 31.9 Å². The van der Waals surface area contributed by atoms with Crippen LogP contribution in [0, 0.1) is 0 Å². The summed E-state index contributed by atoms with van der Waals surface area (Å²) < 4.78 is 0. The maximum Gasteiger partial charge on any atom is 0.245 e. The molecule has 0 aromatic carbocycles. The van der Waals surface area contributed by atoms with E-state index in [1.165, 1.54) is 27.7 Å². The predicted molar refractivity (Wildman–Crippen MR) is 129 cm³/mol. The minimum atomic E-state index is -1.48. The van der Waals surface area contributed by atoms with Crippen molar-refractivity contribution >= 4 is 41.4 Å². The van der Waals surface area contributed by atoms with Gasteiger partial charge in [0.2, 0.25) is 41.4 Å². The quantitative estimate of drug-likeness (QED) is 0.158. The van der Waals surface area contributed by atoms with E-state index in [-0.39, 0.29) is 13.0 Å². The van der Waals surface area contributed by atoms with Crippen LogP contribution in [0.5, 0.6) is 0 Å². The van der Waals surface area contributed by atoms with Crippen molar-refractivity contribution in [1.82, 2.24) is 36.8 Å². The van der Waals surface area contributed by atoms with E-state index >= 15 is 0 Å². The third-order valence-electron chi connectivity index (χ3n) is 6.08. The van der Waals surface area contributed by atoms with Crippen LogP contribution in [-0.4, -0.2) is 119 Å². The van der Waals surface area contributed by atoms with Crippen LogP contribution in [0.2, 0.25) is 0 Å². The molecule has 0 aromatic heterocycles. The molecule has 0 aliphatic carbocycles. The van der Waals surface area contributed by atoms with Crippen LogP contribution in [0.25, 0.3) is 0 Å². The van der Waals surface area contributed by atoms with Gasteiger partial charge in [-0.25, -0.2) is 0 Å². The molecule has 0 saturated carbocycles. The molecular weight excluding hydrogens is 506 g/mol. The van der Waals surface area contributed by atoms with Gasteiger partial charge >= 0.3 is 0 Å². The summed E-state index contributed by atoms with van der Waals surface area (Å²) in [5.74, 6) is -5.34. The third kappa shape index (κ3) is 8.11. The molecule has 2 aliphatic heterocycles. The highest BCUT2D eigenvalue weighted by Gasteiger charge is 2.40. The lowest BCUT2D eigenvalue weighted by molar-refractivity contribution is -0.140. The van der Waals surface area contributed by atoms with Crippen molar-refractivity contribution in [3.8, 4) is 0 Å². The van der Waals surface area contributed by atoms with E-state index in [4.69, 9.17) is 0 Å². The van der Waals surface area contributed by atoms with Crippen LogP contribution in [0.1, 0.15) is 34.1 Å². The molecule has 0 spiro atoms. The summed E-state index contributed by atoms with van der Waals surface area (Å²) in [6, 6.07) is -5.99. The van der Waals surface area contributed by atoms with E-state index in [0.717, 1.165) is 4.90 Å². The number of rotatable bonds is 1. The Hall–Kier alpha value is -3.79. The first kappa shape index (κ1) is 30.4. The Balaban J connectivity index is 2.27. The normalized spacial score (nSPS) is 31.9. The summed E-state index contributed by atoms with van der Waals surface area (Å²) in [5, 5.41) is 34.1. The maximum atomic E-state index is 12.8. The van der Waals surface area contributed by atoms with Crippen molar-refractivity contribution in [1.29, 1.82) is 0 Å². The molecule has 8 N–H and O–H groups in total. The highest BCUT2D eigenvalue weighted by molar-refractivity contribution is 5.97. The number of aliphatic hydroxyl groups is 2. The molecule has 7 atom stereocenters. The Morgan fingerprint density at radius 3 is 1.89 bits per heavy atom. The van der Waals surface area contributed by atoms with Crippen molar-refractivity contribution in [3.63, 3.8) is 0 Å². The van der Waals surface area contributed by atoms with Gasteiger partial charge in [-0.1, -0.05) is 0 Å². The third-order valence-corrected chi connectivity index (χ3v) is 6.08. The van der Waals surface area contributed by atoms with Crippen molar-refractivity contribution in [2.24, 2.45) is 0 Å². The van der Waals surface area contributed by atoms with E-state index in [1.54, 1.807) is 0 Å². The molecule has 2 aliphatic rings. The van der Waals surface area contributed by atoms with Gasteiger partial charge in [0.05, 0.1) is 25.3 Å². The molecule has 2 heterocycles. The Morgan fingerprint density at radius 1 is 0.737 bits per heavy atom. The first-order valence-electron chi connectivity index (χ1n) is 12.1. The topological polar surface area (TPSA) is 235 Å². The fourth-order valence-corrected chi connectivity index (χ4v) is 3.85. The van der Waals surface area contributed by atoms with E-state index < -0.39 is 96.9 Å². The Bertz CT molecular complexity index is 973. The van der Waals surface area contributed by atoms with Crippen LogP contribution < -0.4 is 31.9 Å². The van der Waals surface area contributed by atoms with Gasteiger partial charge in [0.1, 0.15) is 30.2 Å². The van der Waals surface area contributed by atoms with Gasteiger partial charge in [-0.15, -0.1) is 0 Å². The van der Waals surface area contributed by atoms with Gasteiger partial charge in [0.15, 0.2) is 0 Å². The molecule has 0 radical (unpaired) electrons. The summed E-state index contributed by atoms with van der Waals surface area (Å²) in [7, 11) is 0. The van der Waals surface area contributed by atoms with Gasteiger partial charge < -0.3 is 47.0 Å². The summed E-state index contributed by atoms with van der Waals surface area (Å²) >= 11 is 0. The molecule has 0 aromatic rings. The average molecular weight is 542 g/mol. The Kier molecular flexibility index (Phi) is 10.5. The molecule has 7 amide bonds. The largest absolute Gasteiger partial charge is 0.391 e. The minimum Gasteiger partial charge on any atom is -0.391 e. The summed E-state index contributed by atoms with van der Waals surface area (Å²) in [6.07, 6.45) is -2.51. The second-order valence-corrected chi connectivity index (χ2v) is 9.36. The van der Waals surface area contributed by atoms with Crippen LogP contribution in [0.3, 0.4) is 0 Å². The molecule has 1 unspecified atom stereocenters. The number of hydrogen-bond donors (Lipinski definition) is 8. The first-order chi connectivity index (χ1) is 17.7. The summed E-state index contributed by atoms with van der Waals surface area (Å²) in [6.45, 7) is 3.95. The molecule has 212 valence electrons.